The molecule has 1 heterocycles. The molecule has 2 aromatic rings. The van der Waals surface area contributed by atoms with Crippen molar-refractivity contribution in [3.05, 3.63) is 65.2 Å². The van der Waals surface area contributed by atoms with Gasteiger partial charge in [-0.3, -0.25) is 0 Å². The van der Waals surface area contributed by atoms with Gasteiger partial charge >= 0.3 is 0 Å². The van der Waals surface area contributed by atoms with E-state index in [9.17, 15) is 0 Å². The minimum absolute atomic E-state index is 0.671. The standard InChI is InChI=1S/C18H22N2O/c1-21-14-17-8-3-2-7-16(17)13-20-11-10-19-12-15-6-4-5-9-18(15)20/h2-9,19H,10-14H2,1H3. The highest BCUT2D eigenvalue weighted by Gasteiger charge is 2.15. The quantitative estimate of drug-likeness (QED) is 0.933. The maximum atomic E-state index is 5.32. The number of anilines is 1. The molecule has 3 nitrogen and oxygen atoms in total. The predicted molar refractivity (Wildman–Crippen MR) is 86.4 cm³/mol. The van der Waals surface area contributed by atoms with Crippen LogP contribution in [-0.4, -0.2) is 20.2 Å². The monoisotopic (exact) mass is 282 g/mol. The minimum Gasteiger partial charge on any atom is -0.380 e. The molecule has 0 saturated carbocycles. The summed E-state index contributed by atoms with van der Waals surface area (Å²) >= 11 is 0. The summed E-state index contributed by atoms with van der Waals surface area (Å²) in [4.78, 5) is 2.46. The lowest BCUT2D eigenvalue weighted by molar-refractivity contribution is 0.184. The molecule has 0 aromatic heterocycles. The number of benzene rings is 2. The van der Waals surface area contributed by atoms with Gasteiger partial charge in [0, 0.05) is 39.0 Å². The van der Waals surface area contributed by atoms with Gasteiger partial charge in [-0.15, -0.1) is 0 Å². The maximum absolute atomic E-state index is 5.32. The summed E-state index contributed by atoms with van der Waals surface area (Å²) in [6.07, 6.45) is 0. The zero-order valence-corrected chi connectivity index (χ0v) is 12.5. The summed E-state index contributed by atoms with van der Waals surface area (Å²) in [7, 11) is 1.75. The lowest BCUT2D eigenvalue weighted by atomic mass is 10.1. The Bertz CT molecular complexity index is 597. The second-order valence-corrected chi connectivity index (χ2v) is 5.43. The van der Waals surface area contributed by atoms with Crippen molar-refractivity contribution in [1.82, 2.24) is 5.32 Å². The fourth-order valence-electron chi connectivity index (χ4n) is 2.90. The molecule has 0 atom stereocenters. The summed E-state index contributed by atoms with van der Waals surface area (Å²) in [5.74, 6) is 0. The number of fused-ring (bicyclic) bond motifs is 1. The topological polar surface area (TPSA) is 24.5 Å². The van der Waals surface area contributed by atoms with Crippen LogP contribution >= 0.6 is 0 Å². The number of rotatable bonds is 4. The number of hydrogen-bond donors (Lipinski definition) is 1. The van der Waals surface area contributed by atoms with E-state index in [2.05, 4.69) is 58.7 Å². The Balaban J connectivity index is 1.88. The average molecular weight is 282 g/mol. The molecule has 1 aliphatic heterocycles. The van der Waals surface area contributed by atoms with Crippen LogP contribution in [0.5, 0.6) is 0 Å². The first kappa shape index (κ1) is 14.1. The molecule has 1 aliphatic rings. The van der Waals surface area contributed by atoms with Crippen molar-refractivity contribution >= 4 is 5.69 Å². The summed E-state index contributed by atoms with van der Waals surface area (Å²) in [5.41, 5.74) is 5.33. The van der Waals surface area contributed by atoms with E-state index in [1.807, 2.05) is 0 Å². The van der Waals surface area contributed by atoms with Crippen molar-refractivity contribution in [2.24, 2.45) is 0 Å². The van der Waals surface area contributed by atoms with Crippen molar-refractivity contribution < 1.29 is 4.74 Å². The molecule has 0 bridgehead atoms. The maximum Gasteiger partial charge on any atom is 0.0716 e. The van der Waals surface area contributed by atoms with Gasteiger partial charge < -0.3 is 15.0 Å². The van der Waals surface area contributed by atoms with Gasteiger partial charge in [-0.1, -0.05) is 42.5 Å². The third kappa shape index (κ3) is 3.26. The Hall–Kier alpha value is -1.84. The molecule has 3 rings (SSSR count). The highest BCUT2D eigenvalue weighted by Crippen LogP contribution is 2.24. The highest BCUT2D eigenvalue weighted by atomic mass is 16.5. The Morgan fingerprint density at radius 1 is 1.05 bits per heavy atom. The van der Waals surface area contributed by atoms with Gasteiger partial charge in [0.05, 0.1) is 6.61 Å². The first-order valence-electron chi connectivity index (χ1n) is 7.48. The first-order valence-corrected chi connectivity index (χ1v) is 7.48. The number of hydrogen-bond acceptors (Lipinski definition) is 3. The van der Waals surface area contributed by atoms with Crippen molar-refractivity contribution in [3.8, 4) is 0 Å². The average Bonchev–Trinajstić information content (AvgIpc) is 2.72. The lowest BCUT2D eigenvalue weighted by Gasteiger charge is -2.25. The van der Waals surface area contributed by atoms with Crippen molar-refractivity contribution in [1.29, 1.82) is 0 Å². The number of ether oxygens (including phenoxy) is 1. The van der Waals surface area contributed by atoms with Gasteiger partial charge in [0.15, 0.2) is 0 Å². The second kappa shape index (κ2) is 6.74. The fraction of sp³-hybridized carbons (Fsp3) is 0.333. The summed E-state index contributed by atoms with van der Waals surface area (Å²) in [5, 5.41) is 3.49. The van der Waals surface area contributed by atoms with E-state index in [0.717, 1.165) is 26.2 Å². The molecule has 0 amide bonds. The van der Waals surface area contributed by atoms with Crippen molar-refractivity contribution in [2.75, 3.05) is 25.1 Å². The fourth-order valence-corrected chi connectivity index (χ4v) is 2.90. The van der Waals surface area contributed by atoms with Crippen LogP contribution in [0.4, 0.5) is 5.69 Å². The number of methoxy groups -OCH3 is 1. The highest BCUT2D eigenvalue weighted by molar-refractivity contribution is 5.55. The molecule has 21 heavy (non-hydrogen) atoms. The van der Waals surface area contributed by atoms with Crippen molar-refractivity contribution in [3.63, 3.8) is 0 Å². The molecular weight excluding hydrogens is 260 g/mol. The van der Waals surface area contributed by atoms with Crippen LogP contribution in [0.1, 0.15) is 16.7 Å². The summed E-state index contributed by atoms with van der Waals surface area (Å²) in [6.45, 7) is 4.59. The lowest BCUT2D eigenvalue weighted by Crippen LogP contribution is -2.28. The molecule has 0 radical (unpaired) electrons. The Morgan fingerprint density at radius 3 is 2.67 bits per heavy atom. The second-order valence-electron chi connectivity index (χ2n) is 5.43. The molecule has 0 spiro atoms. The normalized spacial score (nSPS) is 14.6. The van der Waals surface area contributed by atoms with Gasteiger partial charge in [0.1, 0.15) is 0 Å². The van der Waals surface area contributed by atoms with Crippen LogP contribution in [0.15, 0.2) is 48.5 Å². The van der Waals surface area contributed by atoms with Gasteiger partial charge in [-0.05, 0) is 22.8 Å². The number of para-hydroxylation sites is 1. The molecule has 0 fully saturated rings. The molecule has 110 valence electrons. The largest absolute Gasteiger partial charge is 0.380 e. The summed E-state index contributed by atoms with van der Waals surface area (Å²) < 4.78 is 5.32. The van der Waals surface area contributed by atoms with Crippen LogP contribution in [-0.2, 0) is 24.4 Å². The Kier molecular flexibility index (Phi) is 4.53. The van der Waals surface area contributed by atoms with E-state index in [1.54, 1.807) is 7.11 Å². The van der Waals surface area contributed by atoms with Crippen molar-refractivity contribution in [2.45, 2.75) is 19.7 Å². The zero-order chi connectivity index (χ0) is 14.5. The van der Waals surface area contributed by atoms with E-state index in [1.165, 1.54) is 22.4 Å². The zero-order valence-electron chi connectivity index (χ0n) is 12.5. The van der Waals surface area contributed by atoms with E-state index >= 15 is 0 Å². The third-order valence-corrected chi connectivity index (χ3v) is 3.99. The summed E-state index contributed by atoms with van der Waals surface area (Å²) in [6, 6.07) is 17.2. The number of nitrogens with zero attached hydrogens (tertiary/aromatic N) is 1. The molecule has 2 aromatic carbocycles. The van der Waals surface area contributed by atoms with E-state index in [0.29, 0.717) is 6.61 Å². The molecule has 0 aliphatic carbocycles. The van der Waals surface area contributed by atoms with Crippen LogP contribution in [0.3, 0.4) is 0 Å². The van der Waals surface area contributed by atoms with Gasteiger partial charge in [0.2, 0.25) is 0 Å². The molecule has 1 N–H and O–H groups in total. The smallest absolute Gasteiger partial charge is 0.0716 e. The predicted octanol–water partition coefficient (Wildman–Crippen LogP) is 2.94. The molecule has 0 saturated heterocycles. The van der Waals surface area contributed by atoms with Gasteiger partial charge in [0.25, 0.3) is 0 Å². The molecular formula is C18H22N2O. The van der Waals surface area contributed by atoms with E-state index in [4.69, 9.17) is 4.74 Å². The van der Waals surface area contributed by atoms with E-state index < -0.39 is 0 Å². The van der Waals surface area contributed by atoms with Crippen LogP contribution in [0.25, 0.3) is 0 Å². The SMILES string of the molecule is COCc1ccccc1CN1CCNCc2ccccc21. The molecule has 0 unspecified atom stereocenters. The van der Waals surface area contributed by atoms with Gasteiger partial charge in [-0.25, -0.2) is 0 Å². The Morgan fingerprint density at radius 2 is 1.81 bits per heavy atom. The minimum atomic E-state index is 0.671. The van der Waals surface area contributed by atoms with Crippen LogP contribution < -0.4 is 10.2 Å². The number of nitrogens with one attached hydrogen (secondary N) is 1. The van der Waals surface area contributed by atoms with Crippen LogP contribution in [0.2, 0.25) is 0 Å². The van der Waals surface area contributed by atoms with Gasteiger partial charge in [-0.2, -0.15) is 0 Å². The third-order valence-electron chi connectivity index (χ3n) is 3.99. The van der Waals surface area contributed by atoms with E-state index in [-0.39, 0.29) is 0 Å². The van der Waals surface area contributed by atoms with Crippen LogP contribution in [0, 0.1) is 0 Å². The Labute approximate surface area is 126 Å². The first-order chi connectivity index (χ1) is 10.4. The molecule has 3 heteroatoms.